The highest BCUT2D eigenvalue weighted by Gasteiger charge is 2.43. The van der Waals surface area contributed by atoms with Crippen LogP contribution in [0.15, 0.2) is 6.20 Å². The molecule has 0 unspecified atom stereocenters. The maximum atomic E-state index is 13.3. The van der Waals surface area contributed by atoms with Gasteiger partial charge in [0.15, 0.2) is 11.5 Å². The van der Waals surface area contributed by atoms with Gasteiger partial charge in [-0.3, -0.25) is 0 Å². The van der Waals surface area contributed by atoms with Crippen LogP contribution >= 0.6 is 11.6 Å². The van der Waals surface area contributed by atoms with E-state index in [0.29, 0.717) is 6.20 Å². The number of hydrogen-bond acceptors (Lipinski definition) is 6. The Morgan fingerprint density at radius 1 is 1.00 bits per heavy atom. The van der Waals surface area contributed by atoms with Crippen LogP contribution in [0.5, 0.6) is 0 Å². The summed E-state index contributed by atoms with van der Waals surface area (Å²) >= 11 is 5.61. The highest BCUT2D eigenvalue weighted by atomic mass is 35.5. The molecule has 1 aromatic heterocycles. The molecule has 0 aliphatic carbocycles. The van der Waals surface area contributed by atoms with Crippen LogP contribution in [0.1, 0.15) is 47.2 Å². The third kappa shape index (κ3) is 6.32. The van der Waals surface area contributed by atoms with Gasteiger partial charge in [0.25, 0.3) is 0 Å². The standard InChI is InChI=1S/C15H19ClF3N3O4/c1-13(2,3)25-11(23)22(12(24)26-14(4,5)6)10-9(15(17,18)19)20-7-8(16)21-10/h7H,1-6H3. The van der Waals surface area contributed by atoms with Crippen LogP contribution in [-0.4, -0.2) is 33.4 Å². The first-order valence-corrected chi connectivity index (χ1v) is 7.75. The Kier molecular flexibility index (Phi) is 6.13. The van der Waals surface area contributed by atoms with Gasteiger partial charge in [-0.15, -0.1) is 0 Å². The third-order valence-electron chi connectivity index (χ3n) is 2.36. The molecule has 0 spiro atoms. The van der Waals surface area contributed by atoms with Gasteiger partial charge in [-0.1, -0.05) is 11.6 Å². The molecule has 0 aliphatic rings. The number of halogens is 4. The number of alkyl halides is 3. The van der Waals surface area contributed by atoms with Crippen LogP contribution in [0.3, 0.4) is 0 Å². The van der Waals surface area contributed by atoms with Gasteiger partial charge in [0, 0.05) is 0 Å². The first-order chi connectivity index (χ1) is 11.5. The average molecular weight is 398 g/mol. The molecule has 0 aliphatic heterocycles. The monoisotopic (exact) mass is 397 g/mol. The van der Waals surface area contributed by atoms with Crippen molar-refractivity contribution in [3.63, 3.8) is 0 Å². The molecule has 0 bridgehead atoms. The number of nitrogens with zero attached hydrogens (tertiary/aromatic N) is 3. The maximum absolute atomic E-state index is 13.3. The lowest BCUT2D eigenvalue weighted by Gasteiger charge is -2.28. The summed E-state index contributed by atoms with van der Waals surface area (Å²) in [6.07, 6.45) is -7.17. The summed E-state index contributed by atoms with van der Waals surface area (Å²) in [5.74, 6) is -1.13. The number of amides is 2. The Morgan fingerprint density at radius 2 is 1.42 bits per heavy atom. The van der Waals surface area contributed by atoms with E-state index in [2.05, 4.69) is 9.97 Å². The number of rotatable bonds is 1. The summed E-state index contributed by atoms with van der Waals surface area (Å²) in [5, 5.41) is -0.454. The van der Waals surface area contributed by atoms with Gasteiger partial charge < -0.3 is 9.47 Å². The van der Waals surface area contributed by atoms with Crippen molar-refractivity contribution >= 4 is 29.6 Å². The van der Waals surface area contributed by atoms with Crippen molar-refractivity contribution in [2.45, 2.75) is 58.9 Å². The first kappa shape index (κ1) is 21.9. The molecule has 0 fully saturated rings. The molecule has 26 heavy (non-hydrogen) atoms. The normalized spacial score (nSPS) is 12.5. The van der Waals surface area contributed by atoms with Gasteiger partial charge in [0.1, 0.15) is 16.4 Å². The largest absolute Gasteiger partial charge is 0.443 e. The zero-order chi connectivity index (χ0) is 20.5. The van der Waals surface area contributed by atoms with Crippen molar-refractivity contribution in [2.24, 2.45) is 0 Å². The van der Waals surface area contributed by atoms with E-state index in [1.54, 1.807) is 0 Å². The number of carbonyl (C=O) groups is 2. The molecule has 0 saturated carbocycles. The Hall–Kier alpha value is -2.10. The molecule has 0 N–H and O–H groups in total. The molecular weight excluding hydrogens is 379 g/mol. The van der Waals surface area contributed by atoms with E-state index < -0.39 is 46.2 Å². The van der Waals surface area contributed by atoms with Gasteiger partial charge in [-0.2, -0.15) is 18.1 Å². The Bertz CT molecular complexity index is 669. The quantitative estimate of drug-likeness (QED) is 0.675. The second-order valence-corrected chi connectivity index (χ2v) is 7.55. The van der Waals surface area contributed by atoms with Crippen LogP contribution < -0.4 is 4.90 Å². The second kappa shape index (κ2) is 7.26. The van der Waals surface area contributed by atoms with Crippen molar-refractivity contribution in [1.82, 2.24) is 9.97 Å². The summed E-state index contributed by atoms with van der Waals surface area (Å²) in [5.41, 5.74) is -3.78. The fraction of sp³-hybridized carbons (Fsp3) is 0.600. The van der Waals surface area contributed by atoms with E-state index in [1.807, 2.05) is 0 Å². The first-order valence-electron chi connectivity index (χ1n) is 7.37. The summed E-state index contributed by atoms with van der Waals surface area (Å²) in [6.45, 7) is 8.87. The van der Waals surface area contributed by atoms with Crippen molar-refractivity contribution in [3.05, 3.63) is 17.0 Å². The van der Waals surface area contributed by atoms with Gasteiger partial charge in [0.2, 0.25) is 0 Å². The highest BCUT2D eigenvalue weighted by molar-refractivity contribution is 6.29. The molecule has 1 heterocycles. The average Bonchev–Trinajstić information content (AvgIpc) is 2.32. The minimum atomic E-state index is -5.00. The van der Waals surface area contributed by atoms with Gasteiger partial charge in [0.05, 0.1) is 6.20 Å². The molecule has 0 aromatic carbocycles. The van der Waals surface area contributed by atoms with Crippen LogP contribution in [0.2, 0.25) is 5.15 Å². The van der Waals surface area contributed by atoms with E-state index >= 15 is 0 Å². The van der Waals surface area contributed by atoms with Gasteiger partial charge >= 0.3 is 18.4 Å². The summed E-state index contributed by atoms with van der Waals surface area (Å²) in [6, 6.07) is 0. The number of hydrogen-bond donors (Lipinski definition) is 0. The van der Waals surface area contributed by atoms with Crippen molar-refractivity contribution in [3.8, 4) is 0 Å². The smallest absolute Gasteiger partial charge is 0.437 e. The van der Waals surface area contributed by atoms with Gasteiger partial charge in [-0.05, 0) is 41.5 Å². The lowest BCUT2D eigenvalue weighted by molar-refractivity contribution is -0.140. The van der Waals surface area contributed by atoms with E-state index in [1.165, 1.54) is 41.5 Å². The second-order valence-electron chi connectivity index (χ2n) is 7.16. The van der Waals surface area contributed by atoms with Gasteiger partial charge in [-0.25, -0.2) is 19.6 Å². The molecule has 0 saturated heterocycles. The molecule has 1 aromatic rings. The number of imide groups is 1. The molecule has 1 rings (SSSR count). The lowest BCUT2D eigenvalue weighted by atomic mass is 10.2. The van der Waals surface area contributed by atoms with Crippen molar-refractivity contribution in [2.75, 3.05) is 4.90 Å². The molecule has 2 amide bonds. The molecule has 11 heteroatoms. The van der Waals surface area contributed by atoms with Crippen LogP contribution in [0, 0.1) is 0 Å². The van der Waals surface area contributed by atoms with Crippen molar-refractivity contribution in [1.29, 1.82) is 0 Å². The van der Waals surface area contributed by atoms with E-state index in [9.17, 15) is 22.8 Å². The molecule has 7 nitrogen and oxygen atoms in total. The number of ether oxygens (including phenoxy) is 2. The lowest BCUT2D eigenvalue weighted by Crippen LogP contribution is -2.45. The van der Waals surface area contributed by atoms with E-state index in [-0.39, 0.29) is 4.90 Å². The predicted octanol–water partition coefficient (Wildman–Crippen LogP) is 4.83. The number of anilines is 1. The molecular formula is C15H19ClF3N3O4. The van der Waals surface area contributed by atoms with Crippen LogP contribution in [-0.2, 0) is 15.7 Å². The maximum Gasteiger partial charge on any atom is 0.437 e. The SMILES string of the molecule is CC(C)(C)OC(=O)N(C(=O)OC(C)(C)C)c1nc(Cl)cnc1C(F)(F)F. The topological polar surface area (TPSA) is 81.6 Å². The Morgan fingerprint density at radius 3 is 1.77 bits per heavy atom. The molecule has 0 atom stereocenters. The minimum Gasteiger partial charge on any atom is -0.443 e. The molecule has 146 valence electrons. The van der Waals surface area contributed by atoms with E-state index in [4.69, 9.17) is 21.1 Å². The zero-order valence-electron chi connectivity index (χ0n) is 15.1. The summed E-state index contributed by atoms with van der Waals surface area (Å²) < 4.78 is 49.8. The fourth-order valence-electron chi connectivity index (χ4n) is 1.58. The highest BCUT2D eigenvalue weighted by Crippen LogP contribution is 2.35. The third-order valence-corrected chi connectivity index (χ3v) is 2.54. The zero-order valence-corrected chi connectivity index (χ0v) is 15.8. The summed E-state index contributed by atoms with van der Waals surface area (Å²) in [4.78, 5) is 31.4. The van der Waals surface area contributed by atoms with Crippen LogP contribution in [0.4, 0.5) is 28.6 Å². The Balaban J connectivity index is 3.53. The van der Waals surface area contributed by atoms with Crippen molar-refractivity contribution < 1.29 is 32.2 Å². The predicted molar refractivity (Wildman–Crippen MR) is 87.0 cm³/mol. The Labute approximate surface area is 153 Å². The van der Waals surface area contributed by atoms with E-state index in [0.717, 1.165) is 0 Å². The molecule has 0 radical (unpaired) electrons. The minimum absolute atomic E-state index is 0.0260. The fourth-order valence-corrected chi connectivity index (χ4v) is 1.71. The number of carbonyl (C=O) groups excluding carboxylic acids is 2. The van der Waals surface area contributed by atoms with Crippen LogP contribution in [0.25, 0.3) is 0 Å². The summed E-state index contributed by atoms with van der Waals surface area (Å²) in [7, 11) is 0. The number of aromatic nitrogens is 2.